The van der Waals surface area contributed by atoms with Crippen molar-refractivity contribution in [2.24, 2.45) is 0 Å². The van der Waals surface area contributed by atoms with Crippen molar-refractivity contribution in [3.63, 3.8) is 0 Å². The van der Waals surface area contributed by atoms with Crippen LogP contribution < -0.4 is 9.47 Å². The monoisotopic (exact) mass is 501 g/mol. The number of pyridine rings is 1. The lowest BCUT2D eigenvalue weighted by Gasteiger charge is -2.35. The molecule has 1 amide bonds. The molecule has 7 rings (SSSR count). The average Bonchev–Trinajstić information content (AvgIpc) is 3.44. The molecule has 2 aliphatic rings. The minimum atomic E-state index is 0.0628. The minimum Gasteiger partial charge on any atom is -0.454 e. The highest BCUT2D eigenvalue weighted by Crippen LogP contribution is 2.33. The van der Waals surface area contributed by atoms with E-state index in [0.29, 0.717) is 18.7 Å². The standard InChI is InChI=1S/C32H27N3O3/c36-32(35-16-14-34(15-17-35)20-22-12-13-30-31(18-22)38-21-37-30)27-19-29(33-28-11-4-3-9-26(27)28)25-10-5-7-23-6-1-2-8-24(23)25/h1-13,18-19H,14-17,20-21H2. The van der Waals surface area contributed by atoms with Gasteiger partial charge in [-0.2, -0.15) is 0 Å². The zero-order valence-electron chi connectivity index (χ0n) is 21.0. The Bertz CT molecular complexity index is 1670. The lowest BCUT2D eigenvalue weighted by Crippen LogP contribution is -2.48. The van der Waals surface area contributed by atoms with Crippen molar-refractivity contribution >= 4 is 27.6 Å². The van der Waals surface area contributed by atoms with Crippen molar-refractivity contribution in [1.29, 1.82) is 0 Å². The summed E-state index contributed by atoms with van der Waals surface area (Å²) >= 11 is 0. The Morgan fingerprint density at radius 3 is 2.42 bits per heavy atom. The van der Waals surface area contributed by atoms with Gasteiger partial charge in [-0.25, -0.2) is 4.98 Å². The molecule has 3 heterocycles. The molecule has 38 heavy (non-hydrogen) atoms. The topological polar surface area (TPSA) is 54.9 Å². The number of para-hydroxylation sites is 1. The molecular weight excluding hydrogens is 474 g/mol. The summed E-state index contributed by atoms with van der Waals surface area (Å²) in [6, 6.07) is 30.6. The summed E-state index contributed by atoms with van der Waals surface area (Å²) in [6.45, 7) is 4.11. The maximum Gasteiger partial charge on any atom is 0.254 e. The van der Waals surface area contributed by atoms with Gasteiger partial charge in [-0.1, -0.05) is 66.7 Å². The number of rotatable bonds is 4. The quantitative estimate of drug-likeness (QED) is 0.314. The van der Waals surface area contributed by atoms with Gasteiger partial charge < -0.3 is 14.4 Å². The summed E-state index contributed by atoms with van der Waals surface area (Å²) in [6.07, 6.45) is 0. The first-order valence-corrected chi connectivity index (χ1v) is 13.0. The zero-order chi connectivity index (χ0) is 25.5. The molecule has 0 spiro atoms. The molecule has 0 radical (unpaired) electrons. The van der Waals surface area contributed by atoms with E-state index in [1.807, 2.05) is 53.4 Å². The molecule has 1 aromatic heterocycles. The molecule has 0 N–H and O–H groups in total. The predicted octanol–water partition coefficient (Wildman–Crippen LogP) is 5.74. The number of hydrogen-bond acceptors (Lipinski definition) is 5. The second-order valence-corrected chi connectivity index (χ2v) is 9.85. The third kappa shape index (κ3) is 4.13. The number of piperazine rings is 1. The van der Waals surface area contributed by atoms with E-state index in [-0.39, 0.29) is 12.7 Å². The number of aromatic nitrogens is 1. The Hall–Kier alpha value is -4.42. The number of ether oxygens (including phenoxy) is 2. The first-order chi connectivity index (χ1) is 18.7. The molecule has 1 saturated heterocycles. The van der Waals surface area contributed by atoms with Gasteiger partial charge in [0.15, 0.2) is 11.5 Å². The molecule has 0 unspecified atom stereocenters. The van der Waals surface area contributed by atoms with Gasteiger partial charge in [0.1, 0.15) is 0 Å². The van der Waals surface area contributed by atoms with Gasteiger partial charge in [0.2, 0.25) is 6.79 Å². The smallest absolute Gasteiger partial charge is 0.254 e. The molecule has 6 heteroatoms. The van der Waals surface area contributed by atoms with Crippen LogP contribution in [0.5, 0.6) is 11.5 Å². The molecule has 0 aliphatic carbocycles. The van der Waals surface area contributed by atoms with Crippen LogP contribution in [0.1, 0.15) is 15.9 Å². The normalized spacial score (nSPS) is 15.3. The van der Waals surface area contributed by atoms with Gasteiger partial charge in [-0.15, -0.1) is 0 Å². The summed E-state index contributed by atoms with van der Waals surface area (Å²) in [7, 11) is 0. The Labute approximate surface area is 221 Å². The fraction of sp³-hybridized carbons (Fsp3) is 0.188. The van der Waals surface area contributed by atoms with Crippen molar-refractivity contribution in [3.8, 4) is 22.8 Å². The van der Waals surface area contributed by atoms with Crippen LogP contribution in [0.3, 0.4) is 0 Å². The predicted molar refractivity (Wildman–Crippen MR) is 148 cm³/mol. The summed E-state index contributed by atoms with van der Waals surface area (Å²) in [5.74, 6) is 1.67. The average molecular weight is 502 g/mol. The molecule has 0 saturated carbocycles. The minimum absolute atomic E-state index is 0.0628. The molecule has 2 aliphatic heterocycles. The van der Waals surface area contributed by atoms with E-state index in [1.165, 1.54) is 5.56 Å². The van der Waals surface area contributed by atoms with Gasteiger partial charge in [0.05, 0.1) is 16.8 Å². The number of hydrogen-bond donors (Lipinski definition) is 0. The zero-order valence-corrected chi connectivity index (χ0v) is 21.0. The number of carbonyl (C=O) groups is 1. The Balaban J connectivity index is 1.15. The second kappa shape index (κ2) is 9.47. The number of amides is 1. The molecule has 188 valence electrons. The van der Waals surface area contributed by atoms with Gasteiger partial charge in [-0.05, 0) is 40.6 Å². The highest BCUT2D eigenvalue weighted by Gasteiger charge is 2.25. The van der Waals surface area contributed by atoms with Crippen molar-refractivity contribution in [2.45, 2.75) is 6.54 Å². The SMILES string of the molecule is O=C(c1cc(-c2cccc3ccccc23)nc2ccccc12)N1CCN(Cc2ccc3c(c2)OCO3)CC1. The van der Waals surface area contributed by atoms with Crippen LogP contribution in [0, 0.1) is 0 Å². The molecule has 5 aromatic rings. The molecular formula is C32H27N3O3. The number of carbonyl (C=O) groups excluding carboxylic acids is 1. The number of fused-ring (bicyclic) bond motifs is 3. The van der Waals surface area contributed by atoms with E-state index in [9.17, 15) is 4.79 Å². The van der Waals surface area contributed by atoms with E-state index in [0.717, 1.165) is 64.1 Å². The van der Waals surface area contributed by atoms with Crippen LogP contribution in [-0.4, -0.2) is 53.7 Å². The molecule has 1 fully saturated rings. The first kappa shape index (κ1) is 22.8. The van der Waals surface area contributed by atoms with E-state index in [1.54, 1.807) is 0 Å². The van der Waals surface area contributed by atoms with Crippen LogP contribution in [-0.2, 0) is 6.54 Å². The Kier molecular flexibility index (Phi) is 5.67. The van der Waals surface area contributed by atoms with Crippen molar-refractivity contribution in [1.82, 2.24) is 14.8 Å². The largest absolute Gasteiger partial charge is 0.454 e. The fourth-order valence-electron chi connectivity index (χ4n) is 5.52. The van der Waals surface area contributed by atoms with Crippen molar-refractivity contribution in [2.75, 3.05) is 33.0 Å². The Morgan fingerprint density at radius 2 is 1.53 bits per heavy atom. The summed E-state index contributed by atoms with van der Waals surface area (Å²) in [5, 5.41) is 3.18. The third-order valence-corrected chi connectivity index (χ3v) is 7.51. The highest BCUT2D eigenvalue weighted by atomic mass is 16.7. The van der Waals surface area contributed by atoms with Gasteiger partial charge in [0.25, 0.3) is 5.91 Å². The Morgan fingerprint density at radius 1 is 0.763 bits per heavy atom. The maximum atomic E-state index is 13.9. The second-order valence-electron chi connectivity index (χ2n) is 9.85. The maximum absolute atomic E-state index is 13.9. The summed E-state index contributed by atoms with van der Waals surface area (Å²) < 4.78 is 11.0. The molecule has 6 nitrogen and oxygen atoms in total. The van der Waals surface area contributed by atoms with E-state index >= 15 is 0 Å². The summed E-state index contributed by atoms with van der Waals surface area (Å²) in [4.78, 5) is 23.2. The number of nitrogens with zero attached hydrogens (tertiary/aromatic N) is 3. The highest BCUT2D eigenvalue weighted by molar-refractivity contribution is 6.08. The first-order valence-electron chi connectivity index (χ1n) is 13.0. The van der Waals surface area contributed by atoms with Crippen LogP contribution >= 0.6 is 0 Å². The third-order valence-electron chi connectivity index (χ3n) is 7.51. The summed E-state index contributed by atoms with van der Waals surface area (Å²) in [5.41, 5.74) is 4.60. The lowest BCUT2D eigenvalue weighted by molar-refractivity contribution is 0.0630. The van der Waals surface area contributed by atoms with Crippen LogP contribution in [0.15, 0.2) is 91.0 Å². The molecule has 4 aromatic carbocycles. The number of benzene rings is 4. The van der Waals surface area contributed by atoms with E-state index in [2.05, 4.69) is 47.4 Å². The van der Waals surface area contributed by atoms with Gasteiger partial charge in [-0.3, -0.25) is 9.69 Å². The van der Waals surface area contributed by atoms with Gasteiger partial charge >= 0.3 is 0 Å². The van der Waals surface area contributed by atoms with Crippen LogP contribution in [0.25, 0.3) is 32.9 Å². The van der Waals surface area contributed by atoms with Crippen molar-refractivity contribution < 1.29 is 14.3 Å². The van der Waals surface area contributed by atoms with Crippen LogP contribution in [0.4, 0.5) is 0 Å². The fourth-order valence-corrected chi connectivity index (χ4v) is 5.52. The molecule has 0 atom stereocenters. The van der Waals surface area contributed by atoms with Crippen LogP contribution in [0.2, 0.25) is 0 Å². The van der Waals surface area contributed by atoms with E-state index in [4.69, 9.17) is 14.5 Å². The van der Waals surface area contributed by atoms with Crippen molar-refractivity contribution in [3.05, 3.63) is 102 Å². The van der Waals surface area contributed by atoms with Gasteiger partial charge in [0, 0.05) is 43.7 Å². The molecule has 0 bridgehead atoms. The lowest BCUT2D eigenvalue weighted by atomic mass is 9.98. The van der Waals surface area contributed by atoms with E-state index < -0.39 is 0 Å².